The first-order valence-corrected chi connectivity index (χ1v) is 8.43. The SMILES string of the molecule is CCCOc1ccc(C(=O)C(C)CN2CCNCC2)cc1OC. The average molecular weight is 320 g/mol. The summed E-state index contributed by atoms with van der Waals surface area (Å²) in [6.45, 7) is 9.51. The van der Waals surface area contributed by atoms with Crippen LogP contribution in [-0.2, 0) is 0 Å². The standard InChI is InChI=1S/C18H28N2O3/c1-4-11-23-16-6-5-15(12-17(16)22-3)18(21)14(2)13-20-9-7-19-8-10-20/h5-6,12,14,19H,4,7-11,13H2,1-3H3. The Hall–Kier alpha value is -1.59. The Labute approximate surface area is 139 Å². The Bertz CT molecular complexity index is 513. The van der Waals surface area contributed by atoms with Crippen LogP contribution in [0.1, 0.15) is 30.6 Å². The van der Waals surface area contributed by atoms with Gasteiger partial charge in [0.15, 0.2) is 17.3 Å². The van der Waals surface area contributed by atoms with Crippen LogP contribution in [0.3, 0.4) is 0 Å². The highest BCUT2D eigenvalue weighted by molar-refractivity contribution is 5.98. The van der Waals surface area contributed by atoms with Crippen LogP contribution < -0.4 is 14.8 Å². The Morgan fingerprint density at radius 1 is 1.30 bits per heavy atom. The van der Waals surface area contributed by atoms with Crippen LogP contribution in [-0.4, -0.2) is 57.1 Å². The van der Waals surface area contributed by atoms with Crippen molar-refractivity contribution in [3.63, 3.8) is 0 Å². The number of ketones is 1. The van der Waals surface area contributed by atoms with E-state index >= 15 is 0 Å². The summed E-state index contributed by atoms with van der Waals surface area (Å²) in [4.78, 5) is 15.0. The lowest BCUT2D eigenvalue weighted by Gasteiger charge is -2.29. The van der Waals surface area contributed by atoms with E-state index in [1.165, 1.54) is 0 Å². The lowest BCUT2D eigenvalue weighted by molar-refractivity contribution is 0.0887. The first-order chi connectivity index (χ1) is 11.2. The molecule has 1 aromatic carbocycles. The molecule has 1 N–H and O–H groups in total. The molecule has 1 aromatic rings. The van der Waals surface area contributed by atoms with Crippen molar-refractivity contribution in [3.05, 3.63) is 23.8 Å². The molecule has 0 aliphatic carbocycles. The van der Waals surface area contributed by atoms with E-state index in [4.69, 9.17) is 9.47 Å². The lowest BCUT2D eigenvalue weighted by Crippen LogP contribution is -2.45. The number of Topliss-reactive ketones (excluding diaryl/α,β-unsaturated/α-hetero) is 1. The van der Waals surface area contributed by atoms with Gasteiger partial charge in [-0.05, 0) is 24.6 Å². The van der Waals surface area contributed by atoms with Crippen LogP contribution in [0.25, 0.3) is 0 Å². The van der Waals surface area contributed by atoms with Crippen molar-refractivity contribution in [3.8, 4) is 11.5 Å². The highest BCUT2D eigenvalue weighted by Gasteiger charge is 2.21. The molecular formula is C18H28N2O3. The molecule has 2 rings (SSSR count). The van der Waals surface area contributed by atoms with E-state index in [2.05, 4.69) is 17.1 Å². The van der Waals surface area contributed by atoms with Gasteiger partial charge in [0.25, 0.3) is 0 Å². The van der Waals surface area contributed by atoms with Gasteiger partial charge in [0.05, 0.1) is 13.7 Å². The molecule has 1 heterocycles. The van der Waals surface area contributed by atoms with Crippen molar-refractivity contribution in [2.75, 3.05) is 46.4 Å². The number of benzene rings is 1. The van der Waals surface area contributed by atoms with E-state index in [0.717, 1.165) is 39.1 Å². The van der Waals surface area contributed by atoms with Crippen molar-refractivity contribution in [2.24, 2.45) is 5.92 Å². The molecule has 1 fully saturated rings. The molecule has 0 bridgehead atoms. The summed E-state index contributed by atoms with van der Waals surface area (Å²) in [5.74, 6) is 1.45. The number of methoxy groups -OCH3 is 1. The van der Waals surface area contributed by atoms with Gasteiger partial charge in [-0.2, -0.15) is 0 Å². The first kappa shape index (κ1) is 17.8. The summed E-state index contributed by atoms with van der Waals surface area (Å²) in [7, 11) is 1.60. The van der Waals surface area contributed by atoms with Crippen LogP contribution in [0.2, 0.25) is 0 Å². The Morgan fingerprint density at radius 2 is 2.04 bits per heavy atom. The van der Waals surface area contributed by atoms with Crippen LogP contribution in [0.15, 0.2) is 18.2 Å². The highest BCUT2D eigenvalue weighted by atomic mass is 16.5. The van der Waals surface area contributed by atoms with Gasteiger partial charge in [-0.15, -0.1) is 0 Å². The molecule has 1 atom stereocenters. The summed E-state index contributed by atoms with van der Waals surface area (Å²) in [5, 5.41) is 3.33. The zero-order valence-electron chi connectivity index (χ0n) is 14.4. The molecule has 128 valence electrons. The van der Waals surface area contributed by atoms with E-state index in [1.54, 1.807) is 13.2 Å². The molecule has 0 aromatic heterocycles. The Balaban J connectivity index is 2.02. The Kier molecular flexibility index (Phi) is 6.86. The number of hydrogen-bond donors (Lipinski definition) is 1. The van der Waals surface area contributed by atoms with Crippen molar-refractivity contribution < 1.29 is 14.3 Å². The first-order valence-electron chi connectivity index (χ1n) is 8.43. The third-order valence-electron chi connectivity index (χ3n) is 4.10. The van der Waals surface area contributed by atoms with E-state index in [-0.39, 0.29) is 11.7 Å². The zero-order valence-corrected chi connectivity index (χ0v) is 14.4. The number of hydrogen-bond acceptors (Lipinski definition) is 5. The van der Waals surface area contributed by atoms with Crippen LogP contribution >= 0.6 is 0 Å². The summed E-state index contributed by atoms with van der Waals surface area (Å²) in [5.41, 5.74) is 0.688. The quantitative estimate of drug-likeness (QED) is 0.744. The van der Waals surface area contributed by atoms with Crippen molar-refractivity contribution >= 4 is 5.78 Å². The molecule has 23 heavy (non-hydrogen) atoms. The van der Waals surface area contributed by atoms with Gasteiger partial charge in [-0.25, -0.2) is 0 Å². The van der Waals surface area contributed by atoms with Gasteiger partial charge in [-0.3, -0.25) is 4.79 Å². The normalized spacial score (nSPS) is 16.8. The van der Waals surface area contributed by atoms with E-state index in [1.807, 2.05) is 19.1 Å². The highest BCUT2D eigenvalue weighted by Crippen LogP contribution is 2.29. The predicted octanol–water partition coefficient (Wildman–Crippen LogP) is 2.21. The maximum absolute atomic E-state index is 12.7. The third kappa shape index (κ3) is 4.94. The number of piperazine rings is 1. The van der Waals surface area contributed by atoms with Crippen LogP contribution in [0.5, 0.6) is 11.5 Å². The zero-order chi connectivity index (χ0) is 16.7. The van der Waals surface area contributed by atoms with Crippen LogP contribution in [0.4, 0.5) is 0 Å². The molecule has 0 saturated carbocycles. The molecule has 0 amide bonds. The fourth-order valence-corrected chi connectivity index (χ4v) is 2.80. The van der Waals surface area contributed by atoms with Gasteiger partial charge >= 0.3 is 0 Å². The van der Waals surface area contributed by atoms with Gasteiger partial charge in [-0.1, -0.05) is 13.8 Å². The number of ether oxygens (including phenoxy) is 2. The Morgan fingerprint density at radius 3 is 2.70 bits per heavy atom. The monoisotopic (exact) mass is 320 g/mol. The van der Waals surface area contributed by atoms with Crippen molar-refractivity contribution in [1.82, 2.24) is 10.2 Å². The molecule has 5 heteroatoms. The molecule has 5 nitrogen and oxygen atoms in total. The molecule has 1 unspecified atom stereocenters. The van der Waals surface area contributed by atoms with Crippen molar-refractivity contribution in [1.29, 1.82) is 0 Å². The maximum atomic E-state index is 12.7. The summed E-state index contributed by atoms with van der Waals surface area (Å²) >= 11 is 0. The molecular weight excluding hydrogens is 292 g/mol. The predicted molar refractivity (Wildman–Crippen MR) is 91.6 cm³/mol. The molecule has 1 saturated heterocycles. The second-order valence-corrected chi connectivity index (χ2v) is 6.03. The smallest absolute Gasteiger partial charge is 0.167 e. The van der Waals surface area contributed by atoms with E-state index in [9.17, 15) is 4.79 Å². The van der Waals surface area contributed by atoms with Gasteiger partial charge < -0.3 is 19.7 Å². The molecule has 0 radical (unpaired) electrons. The van der Waals surface area contributed by atoms with Crippen LogP contribution in [0, 0.1) is 5.92 Å². The second kappa shape index (κ2) is 8.89. The summed E-state index contributed by atoms with van der Waals surface area (Å²) in [6, 6.07) is 5.46. The summed E-state index contributed by atoms with van der Waals surface area (Å²) < 4.78 is 11.0. The number of carbonyl (C=O) groups is 1. The average Bonchev–Trinajstić information content (AvgIpc) is 2.60. The van der Waals surface area contributed by atoms with Gasteiger partial charge in [0.2, 0.25) is 0 Å². The maximum Gasteiger partial charge on any atom is 0.167 e. The number of rotatable bonds is 8. The second-order valence-electron chi connectivity index (χ2n) is 6.03. The fourth-order valence-electron chi connectivity index (χ4n) is 2.80. The summed E-state index contributed by atoms with van der Waals surface area (Å²) in [6.07, 6.45) is 0.936. The van der Waals surface area contributed by atoms with E-state index < -0.39 is 0 Å². The van der Waals surface area contributed by atoms with Crippen molar-refractivity contribution in [2.45, 2.75) is 20.3 Å². The number of nitrogens with one attached hydrogen (secondary N) is 1. The van der Waals surface area contributed by atoms with Gasteiger partial charge in [0.1, 0.15) is 0 Å². The largest absolute Gasteiger partial charge is 0.493 e. The third-order valence-corrected chi connectivity index (χ3v) is 4.10. The van der Waals surface area contributed by atoms with Gasteiger partial charge in [0, 0.05) is 44.2 Å². The number of nitrogens with zero attached hydrogens (tertiary/aromatic N) is 1. The molecule has 1 aliphatic heterocycles. The minimum absolute atomic E-state index is 0.0276. The molecule has 0 spiro atoms. The minimum Gasteiger partial charge on any atom is -0.493 e. The lowest BCUT2D eigenvalue weighted by atomic mass is 9.98. The minimum atomic E-state index is -0.0276. The fraction of sp³-hybridized carbons (Fsp3) is 0.611. The topological polar surface area (TPSA) is 50.8 Å². The molecule has 1 aliphatic rings. The number of carbonyl (C=O) groups excluding carboxylic acids is 1. The van der Waals surface area contributed by atoms with E-state index in [0.29, 0.717) is 23.7 Å².